The second-order valence-corrected chi connectivity index (χ2v) is 13.5. The SMILES string of the molecule is Cc1ccccc1-c1cc(-c2cccc(-c3ccc4c5ccccc5c5ccccc5c4c3)c2)ccc1C.Cc1oc2c(C)cccc2c1C. The normalized spacial score (nSPS) is 11.3. The highest BCUT2D eigenvalue weighted by Crippen LogP contribution is 2.38. The van der Waals surface area contributed by atoms with Gasteiger partial charge in [-0.05, 0) is 141 Å². The standard InChI is InChI=1S/C38H28.C11H12O/c1-25-10-3-4-13-31(25)37-23-29(19-18-26(37)2)27-11-9-12-28(22-27)30-20-21-36-34-16-6-5-14-32(34)33-15-7-8-17-35(33)38(36)24-30;1-7-5-4-6-10-8(2)9(3)12-11(7)10/h3-24H,1-2H3;4-6H,1-3H3. The van der Waals surface area contributed by atoms with Crippen molar-refractivity contribution in [3.8, 4) is 33.4 Å². The topological polar surface area (TPSA) is 13.1 Å². The lowest BCUT2D eigenvalue weighted by Gasteiger charge is -2.14. The smallest absolute Gasteiger partial charge is 0.137 e. The summed E-state index contributed by atoms with van der Waals surface area (Å²) in [6, 6.07) is 55.2. The number of furan rings is 1. The Kier molecular flexibility index (Phi) is 8.05. The van der Waals surface area contributed by atoms with E-state index in [1.54, 1.807) is 0 Å². The predicted molar refractivity (Wildman–Crippen MR) is 215 cm³/mol. The zero-order chi connectivity index (χ0) is 34.4. The molecule has 0 atom stereocenters. The average molecular weight is 645 g/mol. The van der Waals surface area contributed by atoms with Gasteiger partial charge in [0.1, 0.15) is 11.3 Å². The van der Waals surface area contributed by atoms with Crippen LogP contribution in [0.4, 0.5) is 0 Å². The number of fused-ring (bicyclic) bond motifs is 7. The molecule has 9 rings (SSSR count). The number of hydrogen-bond donors (Lipinski definition) is 0. The van der Waals surface area contributed by atoms with Gasteiger partial charge in [-0.1, -0.05) is 133 Å². The molecular formula is C49H40O. The number of rotatable bonds is 3. The highest BCUT2D eigenvalue weighted by atomic mass is 16.3. The van der Waals surface area contributed by atoms with Gasteiger partial charge < -0.3 is 4.42 Å². The Bertz CT molecular complexity index is 2670. The fourth-order valence-electron chi connectivity index (χ4n) is 7.43. The Morgan fingerprint density at radius 3 is 1.46 bits per heavy atom. The molecule has 0 amide bonds. The minimum absolute atomic E-state index is 1.03. The van der Waals surface area contributed by atoms with Crippen molar-refractivity contribution in [3.05, 3.63) is 180 Å². The Morgan fingerprint density at radius 2 is 0.800 bits per heavy atom. The quantitative estimate of drug-likeness (QED) is 0.174. The lowest BCUT2D eigenvalue weighted by molar-refractivity contribution is 0.573. The molecule has 0 radical (unpaired) electrons. The Labute approximate surface area is 294 Å². The van der Waals surface area contributed by atoms with Crippen molar-refractivity contribution >= 4 is 43.3 Å². The lowest BCUT2D eigenvalue weighted by atomic mass is 9.90. The van der Waals surface area contributed by atoms with Gasteiger partial charge in [0.05, 0.1) is 0 Å². The fourth-order valence-corrected chi connectivity index (χ4v) is 7.43. The largest absolute Gasteiger partial charge is 0.461 e. The maximum Gasteiger partial charge on any atom is 0.137 e. The molecule has 1 heterocycles. The van der Waals surface area contributed by atoms with Crippen molar-refractivity contribution in [1.29, 1.82) is 0 Å². The first-order valence-electron chi connectivity index (χ1n) is 17.4. The van der Waals surface area contributed by atoms with Crippen LogP contribution in [-0.2, 0) is 0 Å². The van der Waals surface area contributed by atoms with Crippen molar-refractivity contribution in [2.75, 3.05) is 0 Å². The van der Waals surface area contributed by atoms with Crippen molar-refractivity contribution in [1.82, 2.24) is 0 Å². The summed E-state index contributed by atoms with van der Waals surface area (Å²) in [7, 11) is 0. The summed E-state index contributed by atoms with van der Waals surface area (Å²) >= 11 is 0. The lowest BCUT2D eigenvalue weighted by Crippen LogP contribution is -1.89. The van der Waals surface area contributed by atoms with Gasteiger partial charge in [0.2, 0.25) is 0 Å². The highest BCUT2D eigenvalue weighted by molar-refractivity contribution is 6.25. The molecule has 0 saturated heterocycles. The summed E-state index contributed by atoms with van der Waals surface area (Å²) in [5.74, 6) is 1.03. The minimum Gasteiger partial charge on any atom is -0.461 e. The minimum atomic E-state index is 1.03. The molecule has 0 aliphatic heterocycles. The molecule has 1 heteroatoms. The summed E-state index contributed by atoms with van der Waals surface area (Å²) < 4.78 is 5.63. The number of para-hydroxylation sites is 1. The van der Waals surface area contributed by atoms with E-state index >= 15 is 0 Å². The fraction of sp³-hybridized carbons (Fsp3) is 0.102. The van der Waals surface area contributed by atoms with Crippen LogP contribution in [0.25, 0.3) is 76.7 Å². The molecule has 0 aliphatic rings. The van der Waals surface area contributed by atoms with Crippen LogP contribution in [0.5, 0.6) is 0 Å². The average Bonchev–Trinajstić information content (AvgIpc) is 3.46. The molecule has 9 aromatic rings. The molecule has 8 aromatic carbocycles. The van der Waals surface area contributed by atoms with E-state index in [4.69, 9.17) is 4.42 Å². The number of aryl methyl sites for hydroxylation is 5. The Balaban J connectivity index is 0.000000254. The van der Waals surface area contributed by atoms with Crippen molar-refractivity contribution in [3.63, 3.8) is 0 Å². The van der Waals surface area contributed by atoms with Gasteiger partial charge in [0.25, 0.3) is 0 Å². The first-order chi connectivity index (χ1) is 24.4. The molecule has 0 N–H and O–H groups in total. The molecule has 50 heavy (non-hydrogen) atoms. The molecule has 0 aliphatic carbocycles. The van der Waals surface area contributed by atoms with Crippen molar-refractivity contribution in [2.24, 2.45) is 0 Å². The number of benzene rings is 8. The first-order valence-corrected chi connectivity index (χ1v) is 17.4. The van der Waals surface area contributed by atoms with Crippen molar-refractivity contribution in [2.45, 2.75) is 34.6 Å². The van der Waals surface area contributed by atoms with Crippen LogP contribution in [0.2, 0.25) is 0 Å². The third-order valence-corrected chi connectivity index (χ3v) is 10.3. The Morgan fingerprint density at radius 1 is 0.320 bits per heavy atom. The van der Waals surface area contributed by atoms with Crippen LogP contribution in [0.1, 0.15) is 28.0 Å². The van der Waals surface area contributed by atoms with Gasteiger partial charge in [-0.15, -0.1) is 0 Å². The van der Waals surface area contributed by atoms with Crippen LogP contribution >= 0.6 is 0 Å². The van der Waals surface area contributed by atoms with E-state index in [0.29, 0.717) is 0 Å². The van der Waals surface area contributed by atoms with E-state index in [1.807, 2.05) is 6.92 Å². The summed E-state index contributed by atoms with van der Waals surface area (Å²) in [6.07, 6.45) is 0. The van der Waals surface area contributed by atoms with Crippen LogP contribution < -0.4 is 0 Å². The summed E-state index contributed by atoms with van der Waals surface area (Å²) in [4.78, 5) is 0. The molecule has 242 valence electrons. The van der Waals surface area contributed by atoms with E-state index < -0.39 is 0 Å². The van der Waals surface area contributed by atoms with E-state index in [-0.39, 0.29) is 0 Å². The molecule has 1 aromatic heterocycles. The van der Waals surface area contributed by atoms with Crippen LogP contribution in [0.3, 0.4) is 0 Å². The maximum absolute atomic E-state index is 5.63. The molecule has 0 saturated carbocycles. The zero-order valence-corrected chi connectivity index (χ0v) is 29.3. The predicted octanol–water partition coefficient (Wildman–Crippen LogP) is 14.1. The van der Waals surface area contributed by atoms with Crippen LogP contribution in [0.15, 0.2) is 156 Å². The molecule has 0 bridgehead atoms. The monoisotopic (exact) mass is 644 g/mol. The molecule has 0 fully saturated rings. The zero-order valence-electron chi connectivity index (χ0n) is 29.3. The molecule has 1 nitrogen and oxygen atoms in total. The molecule has 0 spiro atoms. The van der Waals surface area contributed by atoms with E-state index in [2.05, 4.69) is 179 Å². The van der Waals surface area contributed by atoms with Crippen molar-refractivity contribution < 1.29 is 4.42 Å². The van der Waals surface area contributed by atoms with Gasteiger partial charge in [-0.25, -0.2) is 0 Å². The number of hydrogen-bond acceptors (Lipinski definition) is 1. The van der Waals surface area contributed by atoms with Gasteiger partial charge in [0, 0.05) is 5.39 Å². The van der Waals surface area contributed by atoms with Crippen LogP contribution in [-0.4, -0.2) is 0 Å². The third-order valence-electron chi connectivity index (χ3n) is 10.3. The van der Waals surface area contributed by atoms with Gasteiger partial charge >= 0.3 is 0 Å². The summed E-state index contributed by atoms with van der Waals surface area (Å²) in [5, 5.41) is 9.09. The van der Waals surface area contributed by atoms with E-state index in [0.717, 1.165) is 11.3 Å². The molecular weight excluding hydrogens is 605 g/mol. The first kappa shape index (κ1) is 31.4. The molecule has 0 unspecified atom stereocenters. The van der Waals surface area contributed by atoms with Gasteiger partial charge in [0.15, 0.2) is 0 Å². The van der Waals surface area contributed by atoms with Gasteiger partial charge in [-0.3, -0.25) is 0 Å². The second kappa shape index (κ2) is 12.8. The summed E-state index contributed by atoms with van der Waals surface area (Å²) in [5.41, 5.74) is 13.7. The van der Waals surface area contributed by atoms with E-state index in [9.17, 15) is 0 Å². The third kappa shape index (κ3) is 5.55. The maximum atomic E-state index is 5.63. The van der Waals surface area contributed by atoms with Crippen LogP contribution in [0, 0.1) is 34.6 Å². The summed E-state index contributed by atoms with van der Waals surface area (Å²) in [6.45, 7) is 10.6. The van der Waals surface area contributed by atoms with E-state index in [1.165, 1.54) is 93.3 Å². The van der Waals surface area contributed by atoms with Gasteiger partial charge in [-0.2, -0.15) is 0 Å². The highest BCUT2D eigenvalue weighted by Gasteiger charge is 2.12. The second-order valence-electron chi connectivity index (χ2n) is 13.5. The Hall–Kier alpha value is -5.92.